The van der Waals surface area contributed by atoms with Crippen LogP contribution in [-0.4, -0.2) is 5.91 Å². The van der Waals surface area contributed by atoms with Gasteiger partial charge in [0.1, 0.15) is 0 Å². The molecule has 1 atom stereocenters. The van der Waals surface area contributed by atoms with Gasteiger partial charge in [0.2, 0.25) is 5.91 Å². The Kier molecular flexibility index (Phi) is 3.52. The van der Waals surface area contributed by atoms with E-state index in [-0.39, 0.29) is 11.9 Å². The number of hydrogen-bond donors (Lipinski definition) is 2. The number of hydrogen-bond acceptors (Lipinski definition) is 2. The Labute approximate surface area is 125 Å². The van der Waals surface area contributed by atoms with Crippen molar-refractivity contribution in [2.24, 2.45) is 5.73 Å². The lowest BCUT2D eigenvalue weighted by Gasteiger charge is -2.21. The number of benzene rings is 2. The number of anilines is 1. The highest BCUT2D eigenvalue weighted by Gasteiger charge is 2.18. The van der Waals surface area contributed by atoms with Gasteiger partial charge in [-0.25, -0.2) is 0 Å². The normalized spacial score (nSPS) is 15.3. The predicted molar refractivity (Wildman–Crippen MR) is 85.3 cm³/mol. The summed E-state index contributed by atoms with van der Waals surface area (Å²) in [6.07, 6.45) is 1.34. The van der Waals surface area contributed by atoms with E-state index in [1.165, 1.54) is 16.7 Å². The second-order valence-corrected chi connectivity index (χ2v) is 5.73. The first-order valence-corrected chi connectivity index (χ1v) is 7.30. The highest BCUT2D eigenvalue weighted by Crippen LogP contribution is 2.29. The summed E-state index contributed by atoms with van der Waals surface area (Å²) in [5, 5.41) is 2.91. The van der Waals surface area contributed by atoms with E-state index in [9.17, 15) is 4.79 Å². The highest BCUT2D eigenvalue weighted by molar-refractivity contribution is 5.93. The van der Waals surface area contributed by atoms with Crippen molar-refractivity contribution < 1.29 is 4.79 Å². The average molecular weight is 280 g/mol. The largest absolute Gasteiger partial charge is 0.326 e. The van der Waals surface area contributed by atoms with Crippen molar-refractivity contribution >= 4 is 11.6 Å². The molecule has 0 fully saturated rings. The quantitative estimate of drug-likeness (QED) is 0.887. The summed E-state index contributed by atoms with van der Waals surface area (Å²) in [5.41, 5.74) is 13.3. The standard InChI is InChI=1S/C18H20N2O/c1-11-4-3-5-15(12(11)2)18(19)14-6-8-16-13(10-14)7-9-17(21)20-16/h3-6,8,10,18H,7,9,19H2,1-2H3,(H,20,21). The molecule has 2 aromatic carbocycles. The maximum absolute atomic E-state index is 11.4. The molecule has 21 heavy (non-hydrogen) atoms. The molecule has 0 bridgehead atoms. The zero-order valence-corrected chi connectivity index (χ0v) is 12.4. The predicted octanol–water partition coefficient (Wildman–Crippen LogP) is 3.24. The minimum absolute atomic E-state index is 0.0917. The van der Waals surface area contributed by atoms with Crippen LogP contribution in [0.5, 0.6) is 0 Å². The summed E-state index contributed by atoms with van der Waals surface area (Å²) in [6.45, 7) is 4.22. The van der Waals surface area contributed by atoms with Crippen LogP contribution in [0.2, 0.25) is 0 Å². The molecule has 0 aliphatic carbocycles. The molecule has 108 valence electrons. The SMILES string of the molecule is Cc1cccc(C(N)c2ccc3c(c2)CCC(=O)N3)c1C. The smallest absolute Gasteiger partial charge is 0.224 e. The number of nitrogens with two attached hydrogens (primary N) is 1. The van der Waals surface area contributed by atoms with Crippen LogP contribution in [0, 0.1) is 13.8 Å². The minimum atomic E-state index is -0.132. The zero-order chi connectivity index (χ0) is 15.0. The Hall–Kier alpha value is -2.13. The molecule has 1 unspecified atom stereocenters. The molecule has 1 amide bonds. The fraction of sp³-hybridized carbons (Fsp3) is 0.278. The number of amides is 1. The summed E-state index contributed by atoms with van der Waals surface area (Å²) < 4.78 is 0. The number of nitrogens with one attached hydrogen (secondary N) is 1. The summed E-state index contributed by atoms with van der Waals surface area (Å²) >= 11 is 0. The van der Waals surface area contributed by atoms with Crippen LogP contribution in [0.3, 0.4) is 0 Å². The monoisotopic (exact) mass is 280 g/mol. The molecule has 0 saturated heterocycles. The van der Waals surface area contributed by atoms with Crippen molar-refractivity contribution in [3.8, 4) is 0 Å². The van der Waals surface area contributed by atoms with Crippen LogP contribution in [-0.2, 0) is 11.2 Å². The summed E-state index contributed by atoms with van der Waals surface area (Å²) in [6, 6.07) is 12.2. The lowest BCUT2D eigenvalue weighted by molar-refractivity contribution is -0.116. The van der Waals surface area contributed by atoms with E-state index in [1.54, 1.807) is 0 Å². The van der Waals surface area contributed by atoms with E-state index >= 15 is 0 Å². The maximum Gasteiger partial charge on any atom is 0.224 e. The van der Waals surface area contributed by atoms with Crippen LogP contribution in [0.25, 0.3) is 0 Å². The lowest BCUT2D eigenvalue weighted by Crippen LogP contribution is -2.20. The molecule has 1 aliphatic rings. The number of aryl methyl sites for hydroxylation is 2. The molecule has 0 spiro atoms. The Bertz CT molecular complexity index is 706. The van der Waals surface area contributed by atoms with Crippen LogP contribution in [0.15, 0.2) is 36.4 Å². The van der Waals surface area contributed by atoms with E-state index in [0.29, 0.717) is 6.42 Å². The van der Waals surface area contributed by atoms with Crippen molar-refractivity contribution in [2.45, 2.75) is 32.7 Å². The number of carbonyl (C=O) groups excluding carboxylic acids is 1. The van der Waals surface area contributed by atoms with Gasteiger partial charge in [0.25, 0.3) is 0 Å². The van der Waals surface area contributed by atoms with Gasteiger partial charge >= 0.3 is 0 Å². The topological polar surface area (TPSA) is 55.1 Å². The first kappa shape index (κ1) is 13.8. The van der Waals surface area contributed by atoms with Gasteiger partial charge in [-0.05, 0) is 54.2 Å². The molecule has 3 heteroatoms. The fourth-order valence-corrected chi connectivity index (χ4v) is 2.89. The molecule has 0 radical (unpaired) electrons. The first-order chi connectivity index (χ1) is 10.1. The first-order valence-electron chi connectivity index (χ1n) is 7.30. The van der Waals surface area contributed by atoms with E-state index in [2.05, 4.69) is 43.4 Å². The van der Waals surface area contributed by atoms with Crippen molar-refractivity contribution in [3.05, 3.63) is 64.2 Å². The van der Waals surface area contributed by atoms with Crippen LogP contribution >= 0.6 is 0 Å². The van der Waals surface area contributed by atoms with Crippen molar-refractivity contribution in [1.82, 2.24) is 0 Å². The second-order valence-electron chi connectivity index (χ2n) is 5.73. The molecule has 3 rings (SSSR count). The molecule has 3 nitrogen and oxygen atoms in total. The van der Waals surface area contributed by atoms with Gasteiger partial charge in [-0.15, -0.1) is 0 Å². The average Bonchev–Trinajstić information content (AvgIpc) is 2.49. The third kappa shape index (κ3) is 2.57. The van der Waals surface area contributed by atoms with Crippen molar-refractivity contribution in [2.75, 3.05) is 5.32 Å². The van der Waals surface area contributed by atoms with Gasteiger partial charge in [0.15, 0.2) is 0 Å². The zero-order valence-electron chi connectivity index (χ0n) is 12.4. The molecule has 1 heterocycles. The summed E-state index contributed by atoms with van der Waals surface area (Å²) in [7, 11) is 0. The Morgan fingerprint density at radius 3 is 2.76 bits per heavy atom. The Balaban J connectivity index is 1.97. The molecule has 0 aromatic heterocycles. The second kappa shape index (κ2) is 5.34. The number of rotatable bonds is 2. The molecule has 0 saturated carbocycles. The van der Waals surface area contributed by atoms with Gasteiger partial charge in [0.05, 0.1) is 6.04 Å². The summed E-state index contributed by atoms with van der Waals surface area (Å²) in [5.74, 6) is 0.0917. The van der Waals surface area contributed by atoms with Gasteiger partial charge in [-0.1, -0.05) is 30.3 Å². The lowest BCUT2D eigenvalue weighted by atomic mass is 9.91. The van der Waals surface area contributed by atoms with Gasteiger partial charge in [0, 0.05) is 12.1 Å². The highest BCUT2D eigenvalue weighted by atomic mass is 16.1. The number of carbonyl (C=O) groups is 1. The third-order valence-electron chi connectivity index (χ3n) is 4.37. The molecular formula is C18H20N2O. The van der Waals surface area contributed by atoms with E-state index in [1.807, 2.05) is 12.1 Å². The maximum atomic E-state index is 11.4. The summed E-state index contributed by atoms with van der Waals surface area (Å²) in [4.78, 5) is 11.4. The third-order valence-corrected chi connectivity index (χ3v) is 4.37. The number of fused-ring (bicyclic) bond motifs is 1. The van der Waals surface area contributed by atoms with Gasteiger partial charge in [-0.3, -0.25) is 4.79 Å². The van der Waals surface area contributed by atoms with Crippen LogP contribution in [0.4, 0.5) is 5.69 Å². The van der Waals surface area contributed by atoms with E-state index < -0.39 is 0 Å². The molecule has 1 aliphatic heterocycles. The van der Waals surface area contributed by atoms with Crippen molar-refractivity contribution in [3.63, 3.8) is 0 Å². The Morgan fingerprint density at radius 1 is 1.14 bits per heavy atom. The minimum Gasteiger partial charge on any atom is -0.326 e. The fourth-order valence-electron chi connectivity index (χ4n) is 2.89. The van der Waals surface area contributed by atoms with E-state index in [0.717, 1.165) is 23.2 Å². The molecular weight excluding hydrogens is 260 g/mol. The van der Waals surface area contributed by atoms with Crippen LogP contribution in [0.1, 0.15) is 40.3 Å². The van der Waals surface area contributed by atoms with Crippen molar-refractivity contribution in [1.29, 1.82) is 0 Å². The Morgan fingerprint density at radius 2 is 1.95 bits per heavy atom. The molecule has 3 N–H and O–H groups in total. The van der Waals surface area contributed by atoms with Crippen LogP contribution < -0.4 is 11.1 Å². The van der Waals surface area contributed by atoms with E-state index in [4.69, 9.17) is 5.73 Å². The molecule has 2 aromatic rings. The van der Waals surface area contributed by atoms with Gasteiger partial charge < -0.3 is 11.1 Å². The van der Waals surface area contributed by atoms with Gasteiger partial charge in [-0.2, -0.15) is 0 Å².